The molecule has 0 atom stereocenters. The molecule has 1 aliphatic heterocycles. The number of carbonyl (C=O) groups is 2. The van der Waals surface area contributed by atoms with Crippen LogP contribution in [0.4, 0.5) is 5.69 Å². The topological polar surface area (TPSA) is 52.7 Å². The van der Waals surface area contributed by atoms with Gasteiger partial charge in [0.1, 0.15) is 0 Å². The maximum atomic E-state index is 12.7. The number of anilines is 1. The van der Waals surface area contributed by atoms with E-state index < -0.39 is 0 Å². The van der Waals surface area contributed by atoms with Crippen molar-refractivity contribution >= 4 is 17.5 Å². The van der Waals surface area contributed by atoms with E-state index in [9.17, 15) is 9.59 Å². The number of amides is 2. The predicted molar refractivity (Wildman–Crippen MR) is 106 cm³/mol. The summed E-state index contributed by atoms with van der Waals surface area (Å²) in [5.74, 6) is 0.409. The second kappa shape index (κ2) is 11.0. The summed E-state index contributed by atoms with van der Waals surface area (Å²) in [6, 6.07) is 9.80. The highest BCUT2D eigenvalue weighted by Crippen LogP contribution is 2.19. The number of nitrogens with zero attached hydrogens (tertiary/aromatic N) is 2. The molecule has 26 heavy (non-hydrogen) atoms. The van der Waals surface area contributed by atoms with E-state index in [1.54, 1.807) is 0 Å². The number of rotatable bonds is 9. The highest BCUT2D eigenvalue weighted by Gasteiger charge is 2.26. The van der Waals surface area contributed by atoms with Crippen molar-refractivity contribution in [2.45, 2.75) is 46.0 Å². The molecule has 0 radical (unpaired) electrons. The van der Waals surface area contributed by atoms with E-state index >= 15 is 0 Å². The average Bonchev–Trinajstić information content (AvgIpc) is 2.67. The van der Waals surface area contributed by atoms with Crippen LogP contribution in [0.15, 0.2) is 30.3 Å². The number of hydrogen-bond donors (Lipinski definition) is 1. The summed E-state index contributed by atoms with van der Waals surface area (Å²) in [6.45, 7) is 7.66. The van der Waals surface area contributed by atoms with E-state index in [-0.39, 0.29) is 17.7 Å². The summed E-state index contributed by atoms with van der Waals surface area (Å²) >= 11 is 0. The van der Waals surface area contributed by atoms with Crippen LogP contribution >= 0.6 is 0 Å². The van der Waals surface area contributed by atoms with Gasteiger partial charge in [0.05, 0.1) is 6.54 Å². The Morgan fingerprint density at radius 1 is 1.12 bits per heavy atom. The lowest BCUT2D eigenvalue weighted by Crippen LogP contribution is -2.45. The van der Waals surface area contributed by atoms with E-state index in [2.05, 4.69) is 17.1 Å². The van der Waals surface area contributed by atoms with Gasteiger partial charge in [0, 0.05) is 24.7 Å². The third-order valence-corrected chi connectivity index (χ3v) is 5.08. The number of hydrogen-bond acceptors (Lipinski definition) is 3. The molecule has 1 N–H and O–H groups in total. The maximum Gasteiger partial charge on any atom is 0.241 e. The summed E-state index contributed by atoms with van der Waals surface area (Å²) in [5, 5.41) is 3.06. The van der Waals surface area contributed by atoms with Gasteiger partial charge in [0.15, 0.2) is 0 Å². The third kappa shape index (κ3) is 6.13. The molecule has 0 saturated carbocycles. The monoisotopic (exact) mass is 359 g/mol. The second-order valence-corrected chi connectivity index (χ2v) is 7.02. The normalized spacial score (nSPS) is 15.6. The molecule has 1 fully saturated rings. The lowest BCUT2D eigenvalue weighted by Gasteiger charge is -2.32. The molecule has 5 nitrogen and oxygen atoms in total. The number of piperidine rings is 1. The molecule has 1 aromatic carbocycles. The summed E-state index contributed by atoms with van der Waals surface area (Å²) in [4.78, 5) is 28.9. The Morgan fingerprint density at radius 3 is 2.42 bits per heavy atom. The fraction of sp³-hybridized carbons (Fsp3) is 0.619. The minimum atomic E-state index is 0.0966. The number of unbranched alkanes of at least 4 members (excludes halogenated alkanes) is 2. The van der Waals surface area contributed by atoms with Crippen molar-refractivity contribution < 1.29 is 9.59 Å². The standard InChI is InChI=1S/C21H33N3O2/c1-3-5-9-14-22-21(26)18-12-15-23(16-13-18)17-20(25)24(4-2)19-10-7-6-8-11-19/h6-8,10-11,18H,3-5,9,12-17H2,1-2H3,(H,22,26). The number of likely N-dealkylation sites (tertiary alicyclic amines) is 1. The molecule has 0 aromatic heterocycles. The van der Waals surface area contributed by atoms with E-state index in [0.717, 1.165) is 51.0 Å². The Bertz CT molecular complexity index is 554. The fourth-order valence-electron chi connectivity index (χ4n) is 3.47. The van der Waals surface area contributed by atoms with E-state index in [1.807, 2.05) is 42.2 Å². The van der Waals surface area contributed by atoms with Crippen LogP contribution < -0.4 is 10.2 Å². The Morgan fingerprint density at radius 2 is 1.81 bits per heavy atom. The minimum Gasteiger partial charge on any atom is -0.356 e. The molecule has 2 rings (SSSR count). The van der Waals surface area contributed by atoms with Gasteiger partial charge in [-0.25, -0.2) is 0 Å². The third-order valence-electron chi connectivity index (χ3n) is 5.08. The Balaban J connectivity index is 1.75. The molecule has 0 unspecified atom stereocenters. The van der Waals surface area contributed by atoms with Gasteiger partial charge in [0.2, 0.25) is 11.8 Å². The van der Waals surface area contributed by atoms with Crippen molar-refractivity contribution in [2.24, 2.45) is 5.92 Å². The Hall–Kier alpha value is -1.88. The lowest BCUT2D eigenvalue weighted by molar-refractivity contribution is -0.126. The van der Waals surface area contributed by atoms with Crippen LogP contribution in [-0.2, 0) is 9.59 Å². The first kappa shape index (κ1) is 20.4. The van der Waals surface area contributed by atoms with Crippen LogP contribution in [0.25, 0.3) is 0 Å². The molecular weight excluding hydrogens is 326 g/mol. The Kier molecular flexibility index (Phi) is 8.62. The van der Waals surface area contributed by atoms with Crippen LogP contribution in [0, 0.1) is 5.92 Å². The van der Waals surface area contributed by atoms with E-state index in [1.165, 1.54) is 6.42 Å². The van der Waals surface area contributed by atoms with Gasteiger partial charge in [0.25, 0.3) is 0 Å². The first-order valence-electron chi connectivity index (χ1n) is 10.0. The number of likely N-dealkylation sites (N-methyl/N-ethyl adjacent to an activating group) is 1. The van der Waals surface area contributed by atoms with Crippen LogP contribution in [0.3, 0.4) is 0 Å². The highest BCUT2D eigenvalue weighted by atomic mass is 16.2. The van der Waals surface area contributed by atoms with Crippen LogP contribution in [0.1, 0.15) is 46.0 Å². The van der Waals surface area contributed by atoms with Crippen LogP contribution in [-0.4, -0.2) is 49.4 Å². The Labute approximate surface area is 157 Å². The first-order chi connectivity index (χ1) is 12.7. The van der Waals surface area contributed by atoms with Gasteiger partial charge in [-0.2, -0.15) is 0 Å². The predicted octanol–water partition coefficient (Wildman–Crippen LogP) is 3.06. The smallest absolute Gasteiger partial charge is 0.241 e. The highest BCUT2D eigenvalue weighted by molar-refractivity contribution is 5.94. The average molecular weight is 360 g/mol. The largest absolute Gasteiger partial charge is 0.356 e. The second-order valence-electron chi connectivity index (χ2n) is 7.02. The zero-order valence-corrected chi connectivity index (χ0v) is 16.2. The molecule has 0 aliphatic carbocycles. The maximum absolute atomic E-state index is 12.7. The van der Waals surface area contributed by atoms with Gasteiger partial charge < -0.3 is 10.2 Å². The zero-order valence-electron chi connectivity index (χ0n) is 16.2. The molecular formula is C21H33N3O2. The van der Waals surface area contributed by atoms with Gasteiger partial charge >= 0.3 is 0 Å². The summed E-state index contributed by atoms with van der Waals surface area (Å²) < 4.78 is 0. The lowest BCUT2D eigenvalue weighted by atomic mass is 9.96. The molecule has 1 saturated heterocycles. The molecule has 1 heterocycles. The van der Waals surface area contributed by atoms with Gasteiger partial charge in [-0.15, -0.1) is 0 Å². The van der Waals surface area contributed by atoms with Crippen LogP contribution in [0.5, 0.6) is 0 Å². The number of carbonyl (C=O) groups excluding carboxylic acids is 2. The van der Waals surface area contributed by atoms with Crippen LogP contribution in [0.2, 0.25) is 0 Å². The summed E-state index contributed by atoms with van der Waals surface area (Å²) in [7, 11) is 0. The van der Waals surface area contributed by atoms with Crippen molar-refractivity contribution in [3.05, 3.63) is 30.3 Å². The molecule has 0 spiro atoms. The number of benzene rings is 1. The SMILES string of the molecule is CCCCCNC(=O)C1CCN(CC(=O)N(CC)c2ccccc2)CC1. The zero-order chi connectivity index (χ0) is 18.8. The molecule has 2 amide bonds. The van der Waals surface area contributed by atoms with Gasteiger partial charge in [-0.3, -0.25) is 14.5 Å². The number of nitrogens with one attached hydrogen (secondary N) is 1. The fourth-order valence-corrected chi connectivity index (χ4v) is 3.47. The van der Waals surface area contributed by atoms with Gasteiger partial charge in [-0.05, 0) is 51.4 Å². The number of para-hydroxylation sites is 1. The van der Waals surface area contributed by atoms with Crippen molar-refractivity contribution in [1.29, 1.82) is 0 Å². The first-order valence-corrected chi connectivity index (χ1v) is 10.0. The quantitative estimate of drug-likeness (QED) is 0.690. The van der Waals surface area contributed by atoms with Crippen molar-refractivity contribution in [3.8, 4) is 0 Å². The van der Waals surface area contributed by atoms with E-state index in [4.69, 9.17) is 0 Å². The molecule has 144 valence electrons. The van der Waals surface area contributed by atoms with E-state index in [0.29, 0.717) is 13.1 Å². The van der Waals surface area contributed by atoms with Crippen molar-refractivity contribution in [3.63, 3.8) is 0 Å². The summed E-state index contributed by atoms with van der Waals surface area (Å²) in [5.41, 5.74) is 0.946. The molecule has 1 aliphatic rings. The van der Waals surface area contributed by atoms with Crippen molar-refractivity contribution in [2.75, 3.05) is 37.6 Å². The molecule has 1 aromatic rings. The van der Waals surface area contributed by atoms with Crippen molar-refractivity contribution in [1.82, 2.24) is 10.2 Å². The molecule has 5 heteroatoms. The van der Waals surface area contributed by atoms with Gasteiger partial charge in [-0.1, -0.05) is 38.0 Å². The summed E-state index contributed by atoms with van der Waals surface area (Å²) in [6.07, 6.45) is 5.06. The molecule has 0 bridgehead atoms. The minimum absolute atomic E-state index is 0.0966.